The summed E-state index contributed by atoms with van der Waals surface area (Å²) < 4.78 is 2.16. The second-order valence-electron chi connectivity index (χ2n) is 5.98. The van der Waals surface area contributed by atoms with Crippen LogP contribution in [-0.4, -0.2) is 20.4 Å². The summed E-state index contributed by atoms with van der Waals surface area (Å²) in [7, 11) is 2.06. The molecule has 0 radical (unpaired) electrons. The van der Waals surface area contributed by atoms with E-state index in [-0.39, 0.29) is 5.91 Å². The molecule has 1 aliphatic rings. The van der Waals surface area contributed by atoms with Crippen LogP contribution in [0.2, 0.25) is 0 Å². The van der Waals surface area contributed by atoms with Gasteiger partial charge in [0.1, 0.15) is 5.82 Å². The van der Waals surface area contributed by atoms with Crippen LogP contribution in [0.3, 0.4) is 0 Å². The Morgan fingerprint density at radius 1 is 1.36 bits per heavy atom. The van der Waals surface area contributed by atoms with Crippen molar-refractivity contribution in [2.45, 2.75) is 25.7 Å². The second-order valence-corrected chi connectivity index (χ2v) is 5.98. The predicted molar refractivity (Wildman–Crippen MR) is 86.2 cm³/mol. The average Bonchev–Trinajstić information content (AvgIpc) is 3.17. The molecular weight excluding hydrogens is 276 g/mol. The molecule has 1 fully saturated rings. The van der Waals surface area contributed by atoms with Crippen LogP contribution < -0.4 is 5.32 Å². The van der Waals surface area contributed by atoms with Crippen LogP contribution >= 0.6 is 0 Å². The van der Waals surface area contributed by atoms with Crippen molar-refractivity contribution in [3.8, 4) is 0 Å². The Hall–Kier alpha value is -2.56. The molecule has 1 amide bonds. The monoisotopic (exact) mass is 294 g/mol. The summed E-state index contributed by atoms with van der Waals surface area (Å²) in [5.74, 6) is 1.66. The van der Waals surface area contributed by atoms with Crippen molar-refractivity contribution in [1.29, 1.82) is 0 Å². The number of hydrogen-bond acceptors (Lipinski definition) is 2. The van der Waals surface area contributed by atoms with E-state index >= 15 is 0 Å². The zero-order valence-electron chi connectivity index (χ0n) is 12.7. The zero-order valence-corrected chi connectivity index (χ0v) is 12.7. The quantitative estimate of drug-likeness (QED) is 0.778. The van der Waals surface area contributed by atoms with Crippen molar-refractivity contribution in [2.24, 2.45) is 7.05 Å². The highest BCUT2D eigenvalue weighted by Crippen LogP contribution is 2.40. The lowest BCUT2D eigenvalue weighted by atomic mass is 10.2. The number of anilines is 1. The number of nitrogens with one attached hydrogen (secondary N) is 2. The molecule has 0 bridgehead atoms. The number of aryl methyl sites for hydroxylation is 2. The first-order valence-corrected chi connectivity index (χ1v) is 7.55. The number of benzene rings is 1. The fraction of sp³-hybridized carbons (Fsp3) is 0.294. The van der Waals surface area contributed by atoms with Gasteiger partial charge in [0.25, 0.3) is 5.91 Å². The van der Waals surface area contributed by atoms with Crippen LogP contribution in [0.15, 0.2) is 30.5 Å². The molecule has 1 saturated carbocycles. The molecule has 112 valence electrons. The normalized spacial score (nSPS) is 14.5. The molecule has 4 rings (SSSR count). The number of aromatic amines is 1. The van der Waals surface area contributed by atoms with Crippen molar-refractivity contribution in [2.75, 3.05) is 5.32 Å². The first-order chi connectivity index (χ1) is 10.6. The Morgan fingerprint density at radius 2 is 2.18 bits per heavy atom. The van der Waals surface area contributed by atoms with Crippen LogP contribution in [0.25, 0.3) is 11.0 Å². The molecule has 2 heterocycles. The lowest BCUT2D eigenvalue weighted by Crippen LogP contribution is -2.12. The van der Waals surface area contributed by atoms with Crippen molar-refractivity contribution in [3.05, 3.63) is 47.5 Å². The van der Waals surface area contributed by atoms with Gasteiger partial charge in [-0.1, -0.05) is 0 Å². The molecule has 1 aliphatic carbocycles. The number of amides is 1. The molecule has 1 aromatic carbocycles. The number of hydrogen-bond donors (Lipinski definition) is 2. The molecule has 5 nitrogen and oxygen atoms in total. The number of fused-ring (bicyclic) bond motifs is 1. The van der Waals surface area contributed by atoms with E-state index in [1.54, 1.807) is 12.3 Å². The Balaban J connectivity index is 1.65. The maximum atomic E-state index is 12.3. The van der Waals surface area contributed by atoms with Crippen LogP contribution in [0.1, 0.15) is 40.6 Å². The van der Waals surface area contributed by atoms with E-state index < -0.39 is 0 Å². The number of imidazole rings is 1. The number of aromatic nitrogens is 3. The van der Waals surface area contributed by atoms with E-state index in [9.17, 15) is 4.79 Å². The highest BCUT2D eigenvalue weighted by molar-refractivity contribution is 6.05. The Bertz CT molecular complexity index is 870. The van der Waals surface area contributed by atoms with Gasteiger partial charge in [-0.2, -0.15) is 0 Å². The molecule has 3 aromatic rings. The summed E-state index contributed by atoms with van der Waals surface area (Å²) in [5, 5.41) is 2.94. The van der Waals surface area contributed by atoms with E-state index in [4.69, 9.17) is 4.98 Å². The maximum absolute atomic E-state index is 12.3. The first kappa shape index (κ1) is 13.1. The minimum Gasteiger partial charge on any atom is -0.365 e. The fourth-order valence-corrected chi connectivity index (χ4v) is 2.90. The summed E-state index contributed by atoms with van der Waals surface area (Å²) in [6, 6.07) is 7.69. The van der Waals surface area contributed by atoms with Crippen molar-refractivity contribution < 1.29 is 4.79 Å². The van der Waals surface area contributed by atoms with Gasteiger partial charge in [0, 0.05) is 30.5 Å². The third kappa shape index (κ3) is 2.09. The molecule has 0 atom stereocenters. The van der Waals surface area contributed by atoms with E-state index in [1.165, 1.54) is 12.8 Å². The van der Waals surface area contributed by atoms with Crippen molar-refractivity contribution in [3.63, 3.8) is 0 Å². The van der Waals surface area contributed by atoms with Crippen LogP contribution in [0.5, 0.6) is 0 Å². The molecular formula is C17H18N4O. The molecule has 0 spiro atoms. The van der Waals surface area contributed by atoms with Gasteiger partial charge < -0.3 is 14.9 Å². The molecule has 2 N–H and O–H groups in total. The standard InChI is InChI=1S/C17H18N4O/c1-10-13(7-8-18-10)17(22)19-12-5-6-15-14(9-12)20-16(21(15)2)11-3-4-11/h5-9,11,18H,3-4H2,1-2H3,(H,19,22). The third-order valence-electron chi connectivity index (χ3n) is 4.31. The number of rotatable bonds is 3. The fourth-order valence-electron chi connectivity index (χ4n) is 2.90. The number of carbonyl (C=O) groups is 1. The summed E-state index contributed by atoms with van der Waals surface area (Å²) in [4.78, 5) is 20.0. The van der Waals surface area contributed by atoms with E-state index in [2.05, 4.69) is 21.9 Å². The van der Waals surface area contributed by atoms with E-state index in [0.29, 0.717) is 11.5 Å². The van der Waals surface area contributed by atoms with Crippen LogP contribution in [0, 0.1) is 6.92 Å². The van der Waals surface area contributed by atoms with Gasteiger partial charge in [-0.25, -0.2) is 4.98 Å². The summed E-state index contributed by atoms with van der Waals surface area (Å²) in [6.45, 7) is 1.89. The first-order valence-electron chi connectivity index (χ1n) is 7.55. The summed E-state index contributed by atoms with van der Waals surface area (Å²) in [5.41, 5.74) is 4.36. The number of nitrogens with zero attached hydrogens (tertiary/aromatic N) is 2. The minimum absolute atomic E-state index is 0.101. The Morgan fingerprint density at radius 3 is 2.86 bits per heavy atom. The summed E-state index contributed by atoms with van der Waals surface area (Å²) in [6.07, 6.45) is 4.23. The van der Waals surface area contributed by atoms with Gasteiger partial charge in [0.2, 0.25) is 0 Å². The number of carbonyl (C=O) groups excluding carboxylic acids is 1. The topological polar surface area (TPSA) is 62.7 Å². The molecule has 2 aromatic heterocycles. The molecule has 22 heavy (non-hydrogen) atoms. The van der Waals surface area contributed by atoms with Gasteiger partial charge in [0.05, 0.1) is 16.6 Å². The number of H-pyrrole nitrogens is 1. The van der Waals surface area contributed by atoms with E-state index in [0.717, 1.165) is 28.2 Å². The van der Waals surface area contributed by atoms with Gasteiger partial charge in [-0.05, 0) is 44.0 Å². The molecule has 0 saturated heterocycles. The maximum Gasteiger partial charge on any atom is 0.257 e. The van der Waals surface area contributed by atoms with Gasteiger partial charge in [0.15, 0.2) is 0 Å². The Kier molecular flexibility index (Phi) is 2.82. The third-order valence-corrected chi connectivity index (χ3v) is 4.31. The van der Waals surface area contributed by atoms with E-state index in [1.807, 2.05) is 25.1 Å². The highest BCUT2D eigenvalue weighted by atomic mass is 16.1. The largest absolute Gasteiger partial charge is 0.365 e. The minimum atomic E-state index is -0.101. The average molecular weight is 294 g/mol. The summed E-state index contributed by atoms with van der Waals surface area (Å²) >= 11 is 0. The molecule has 0 aliphatic heterocycles. The van der Waals surface area contributed by atoms with Gasteiger partial charge in [-0.3, -0.25) is 4.79 Å². The SMILES string of the molecule is Cc1[nH]ccc1C(=O)Nc1ccc2c(c1)nc(C1CC1)n2C. The lowest BCUT2D eigenvalue weighted by Gasteiger charge is -2.05. The van der Waals surface area contributed by atoms with Crippen LogP contribution in [-0.2, 0) is 7.05 Å². The second kappa shape index (κ2) is 4.73. The smallest absolute Gasteiger partial charge is 0.257 e. The zero-order chi connectivity index (χ0) is 15.3. The predicted octanol–water partition coefficient (Wildman–Crippen LogP) is 3.34. The Labute approximate surface area is 128 Å². The van der Waals surface area contributed by atoms with Gasteiger partial charge >= 0.3 is 0 Å². The van der Waals surface area contributed by atoms with Crippen LogP contribution in [0.4, 0.5) is 5.69 Å². The lowest BCUT2D eigenvalue weighted by molar-refractivity contribution is 0.102. The van der Waals surface area contributed by atoms with Crippen molar-refractivity contribution >= 4 is 22.6 Å². The molecule has 5 heteroatoms. The van der Waals surface area contributed by atoms with Crippen molar-refractivity contribution in [1.82, 2.24) is 14.5 Å². The molecule has 0 unspecified atom stereocenters. The highest BCUT2D eigenvalue weighted by Gasteiger charge is 2.28. The van der Waals surface area contributed by atoms with Gasteiger partial charge in [-0.15, -0.1) is 0 Å².